The largest absolute Gasteiger partial charge is 0.192 e. The Morgan fingerprint density at radius 2 is 0.824 bits per heavy atom. The second-order valence-corrected chi connectivity index (χ2v) is 7.88. The first-order valence-corrected chi connectivity index (χ1v) is 10.8. The van der Waals surface area contributed by atoms with Crippen LogP contribution in [0.3, 0.4) is 0 Å². The highest BCUT2D eigenvalue weighted by atomic mass is 14.4. The maximum Gasteiger partial charge on any atom is 0.100 e. The maximum atomic E-state index is 10.2. The quantitative estimate of drug-likeness (QED) is 0.325. The Hall–Kier alpha value is -5.17. The number of nitrogens with zero attached hydrogens (tertiary/aromatic N) is 3. The van der Waals surface area contributed by atoms with E-state index < -0.39 is 0 Å². The Morgan fingerprint density at radius 1 is 0.412 bits per heavy atom. The van der Waals surface area contributed by atoms with Crippen molar-refractivity contribution in [3.63, 3.8) is 0 Å². The van der Waals surface area contributed by atoms with Crippen LogP contribution in [0.15, 0.2) is 120 Å². The lowest BCUT2D eigenvalue weighted by atomic mass is 10.00. The molecule has 0 N–H and O–H groups in total. The van der Waals surface area contributed by atoms with Gasteiger partial charge in [0.05, 0.1) is 16.7 Å². The lowest BCUT2D eigenvalue weighted by Gasteiger charge is -2.02. The monoisotopic (exact) mass is 431 g/mol. The van der Waals surface area contributed by atoms with Crippen LogP contribution in [0.5, 0.6) is 0 Å². The molecule has 156 valence electrons. The molecule has 0 amide bonds. The lowest BCUT2D eigenvalue weighted by Crippen LogP contribution is -1.84. The summed E-state index contributed by atoms with van der Waals surface area (Å²) in [4.78, 5) is 0. The van der Waals surface area contributed by atoms with Crippen LogP contribution >= 0.6 is 0 Å². The highest BCUT2D eigenvalue weighted by molar-refractivity contribution is 6.12. The van der Waals surface area contributed by atoms with Gasteiger partial charge in [-0.25, -0.2) is 0 Å². The first-order chi connectivity index (χ1) is 16.8. The number of fused-ring (bicyclic) bond motifs is 1. The Morgan fingerprint density at radius 3 is 1.29 bits per heavy atom. The number of benzene rings is 4. The van der Waals surface area contributed by atoms with Gasteiger partial charge in [-0.1, -0.05) is 97.1 Å². The number of hydrogen-bond acceptors (Lipinski definition) is 3. The van der Waals surface area contributed by atoms with Crippen molar-refractivity contribution >= 4 is 27.5 Å². The van der Waals surface area contributed by atoms with E-state index >= 15 is 0 Å². The van der Waals surface area contributed by atoms with Gasteiger partial charge in [0.2, 0.25) is 0 Å². The minimum absolute atomic E-state index is 0.461. The molecule has 0 spiro atoms. The van der Waals surface area contributed by atoms with Gasteiger partial charge in [-0.05, 0) is 33.5 Å². The third kappa shape index (κ3) is 3.57. The van der Waals surface area contributed by atoms with Crippen molar-refractivity contribution in [3.05, 3.63) is 137 Å². The molecular formula is C31H17N3. The molecule has 1 aliphatic carbocycles. The predicted octanol–water partition coefficient (Wildman–Crippen LogP) is 7.09. The van der Waals surface area contributed by atoms with Crippen LogP contribution in [0, 0.1) is 34.0 Å². The number of rotatable bonds is 3. The maximum absolute atomic E-state index is 10.2. The molecule has 0 heterocycles. The molecule has 1 fully saturated rings. The number of nitriles is 3. The van der Waals surface area contributed by atoms with E-state index in [0.717, 1.165) is 27.5 Å². The molecule has 0 bridgehead atoms. The molecule has 0 unspecified atom stereocenters. The van der Waals surface area contributed by atoms with Gasteiger partial charge in [-0.3, -0.25) is 0 Å². The van der Waals surface area contributed by atoms with Crippen molar-refractivity contribution in [2.45, 2.75) is 0 Å². The fourth-order valence-corrected chi connectivity index (χ4v) is 4.29. The van der Waals surface area contributed by atoms with Crippen molar-refractivity contribution in [1.82, 2.24) is 0 Å². The van der Waals surface area contributed by atoms with Crippen LogP contribution in [-0.4, -0.2) is 0 Å². The van der Waals surface area contributed by atoms with Gasteiger partial charge in [-0.15, -0.1) is 0 Å². The summed E-state index contributed by atoms with van der Waals surface area (Å²) in [7, 11) is 0. The highest BCUT2D eigenvalue weighted by Gasteiger charge is 2.41. The smallest absolute Gasteiger partial charge is 0.100 e. The molecule has 1 saturated carbocycles. The molecular weight excluding hydrogens is 414 g/mol. The van der Waals surface area contributed by atoms with Gasteiger partial charge in [0.25, 0.3) is 0 Å². The second-order valence-electron chi connectivity index (χ2n) is 7.88. The van der Waals surface area contributed by atoms with Crippen molar-refractivity contribution in [1.29, 1.82) is 15.8 Å². The third-order valence-electron chi connectivity index (χ3n) is 5.94. The van der Waals surface area contributed by atoms with E-state index in [2.05, 4.69) is 18.2 Å². The van der Waals surface area contributed by atoms with Crippen molar-refractivity contribution in [2.75, 3.05) is 0 Å². The summed E-state index contributed by atoms with van der Waals surface area (Å²) in [5, 5.41) is 32.5. The standard InChI is InChI=1S/C31H17N3/c32-18-26(22-10-3-1-4-11-22)29-30(27(19-33)23-12-5-2-6-13-23)31(29)28(20-34)25-16-15-21-9-7-8-14-24(21)17-25/h1-17H/b29-26+,30-27?,31-28+. The average Bonchev–Trinajstić information content (AvgIpc) is 3.60. The van der Waals surface area contributed by atoms with Crippen LogP contribution in [0.25, 0.3) is 27.5 Å². The SMILES string of the molecule is N#CC(=C1C(=C(/C#N)c2ccccc2)/C1=C(/C#N)c1ccc2ccccc2c1)c1ccccc1. The van der Waals surface area contributed by atoms with Crippen molar-refractivity contribution < 1.29 is 0 Å². The minimum Gasteiger partial charge on any atom is -0.192 e. The Bertz CT molecular complexity index is 1570. The van der Waals surface area contributed by atoms with Gasteiger partial charge in [0.15, 0.2) is 0 Å². The molecule has 3 heteroatoms. The van der Waals surface area contributed by atoms with E-state index in [1.165, 1.54) is 0 Å². The van der Waals surface area contributed by atoms with Gasteiger partial charge < -0.3 is 0 Å². The molecule has 34 heavy (non-hydrogen) atoms. The van der Waals surface area contributed by atoms with Crippen molar-refractivity contribution in [2.24, 2.45) is 0 Å². The Kier molecular flexibility index (Phi) is 5.34. The molecule has 0 aromatic heterocycles. The topological polar surface area (TPSA) is 71.4 Å². The van der Waals surface area contributed by atoms with E-state index in [1.54, 1.807) is 0 Å². The molecule has 4 aromatic rings. The molecule has 0 atom stereocenters. The van der Waals surface area contributed by atoms with Gasteiger partial charge in [0.1, 0.15) is 18.2 Å². The summed E-state index contributed by atoms with van der Waals surface area (Å²) in [6.45, 7) is 0. The summed E-state index contributed by atoms with van der Waals surface area (Å²) in [5.41, 5.74) is 5.66. The van der Waals surface area contributed by atoms with E-state index in [4.69, 9.17) is 0 Å². The summed E-state index contributed by atoms with van der Waals surface area (Å²) < 4.78 is 0. The zero-order valence-electron chi connectivity index (χ0n) is 18.2. The fraction of sp³-hybridized carbons (Fsp3) is 0. The van der Waals surface area contributed by atoms with Crippen molar-refractivity contribution in [3.8, 4) is 18.2 Å². The van der Waals surface area contributed by atoms with Crippen LogP contribution in [-0.2, 0) is 0 Å². The molecule has 0 saturated heterocycles. The van der Waals surface area contributed by atoms with Gasteiger partial charge in [-0.2, -0.15) is 15.8 Å². The summed E-state index contributed by atoms with van der Waals surface area (Å²) in [6.07, 6.45) is 0. The van der Waals surface area contributed by atoms with Crippen LogP contribution in [0.2, 0.25) is 0 Å². The second kappa shape index (κ2) is 8.76. The first kappa shape index (κ1) is 20.7. The zero-order valence-corrected chi connectivity index (χ0v) is 18.2. The number of hydrogen-bond donors (Lipinski definition) is 0. The van der Waals surface area contributed by atoms with E-state index in [-0.39, 0.29) is 0 Å². The predicted molar refractivity (Wildman–Crippen MR) is 134 cm³/mol. The Labute approximate surface area is 198 Å². The molecule has 5 rings (SSSR count). The van der Waals surface area contributed by atoms with Gasteiger partial charge in [0, 0.05) is 16.7 Å². The normalized spacial score (nSPS) is 16.6. The van der Waals surface area contributed by atoms with E-state index in [0.29, 0.717) is 33.4 Å². The third-order valence-corrected chi connectivity index (χ3v) is 5.94. The summed E-state index contributed by atoms with van der Waals surface area (Å²) in [5.74, 6) is 0. The highest BCUT2D eigenvalue weighted by Crippen LogP contribution is 2.55. The van der Waals surface area contributed by atoms with Gasteiger partial charge >= 0.3 is 0 Å². The van der Waals surface area contributed by atoms with E-state index in [1.807, 2.05) is 103 Å². The lowest BCUT2D eigenvalue weighted by molar-refractivity contribution is 1.51. The minimum atomic E-state index is 0.461. The summed E-state index contributed by atoms with van der Waals surface area (Å²) in [6, 6.07) is 39.6. The van der Waals surface area contributed by atoms with Crippen LogP contribution in [0.1, 0.15) is 16.7 Å². The zero-order chi connectivity index (χ0) is 23.5. The first-order valence-electron chi connectivity index (χ1n) is 10.8. The molecule has 0 aliphatic heterocycles. The molecule has 3 nitrogen and oxygen atoms in total. The van der Waals surface area contributed by atoms with Crippen LogP contribution < -0.4 is 0 Å². The fourth-order valence-electron chi connectivity index (χ4n) is 4.29. The molecule has 0 radical (unpaired) electrons. The van der Waals surface area contributed by atoms with Crippen LogP contribution in [0.4, 0.5) is 0 Å². The Balaban J connectivity index is 1.84. The summed E-state index contributed by atoms with van der Waals surface area (Å²) >= 11 is 0. The number of allylic oxidation sites excluding steroid dienone is 6. The molecule has 1 aliphatic rings. The molecule has 4 aromatic carbocycles. The average molecular weight is 431 g/mol. The van der Waals surface area contributed by atoms with E-state index in [9.17, 15) is 15.8 Å².